The molecule has 0 aromatic heterocycles. The maximum absolute atomic E-state index is 13.8. The third kappa shape index (κ3) is 4.56. The number of nitrogens with zero attached hydrogens (tertiary/aromatic N) is 1. The number of rotatable bonds is 7. The van der Waals surface area contributed by atoms with Gasteiger partial charge < -0.3 is 10.1 Å². The second-order valence-electron chi connectivity index (χ2n) is 5.28. The Morgan fingerprint density at radius 1 is 1.25 bits per heavy atom. The van der Waals surface area contributed by atoms with Crippen LogP contribution >= 0.6 is 0 Å². The summed E-state index contributed by atoms with van der Waals surface area (Å²) in [6, 6.07) is 13.4. The van der Waals surface area contributed by atoms with Crippen molar-refractivity contribution < 1.29 is 13.9 Å². The Kier molecular flexibility index (Phi) is 6.32. The summed E-state index contributed by atoms with van der Waals surface area (Å²) >= 11 is 0. The van der Waals surface area contributed by atoms with Gasteiger partial charge in [0.1, 0.15) is 17.6 Å². The van der Waals surface area contributed by atoms with Gasteiger partial charge in [-0.25, -0.2) is 4.39 Å². The minimum absolute atomic E-state index is 0.146. The van der Waals surface area contributed by atoms with Crippen LogP contribution in [0.2, 0.25) is 0 Å². The molecule has 124 valence electrons. The fourth-order valence-corrected chi connectivity index (χ4v) is 2.14. The third-order valence-corrected chi connectivity index (χ3v) is 3.50. The lowest BCUT2D eigenvalue weighted by Crippen LogP contribution is -2.28. The number of unbranched alkanes of at least 4 members (excludes halogenated alkanes) is 1. The van der Waals surface area contributed by atoms with E-state index in [0.717, 1.165) is 12.8 Å². The van der Waals surface area contributed by atoms with E-state index < -0.39 is 17.8 Å². The molecular weight excluding hydrogens is 307 g/mol. The van der Waals surface area contributed by atoms with Crippen molar-refractivity contribution in [1.82, 2.24) is 5.32 Å². The van der Waals surface area contributed by atoms with Gasteiger partial charge in [-0.05, 0) is 36.8 Å². The summed E-state index contributed by atoms with van der Waals surface area (Å²) in [7, 11) is 0. The van der Waals surface area contributed by atoms with Gasteiger partial charge in [0.2, 0.25) is 0 Å². The van der Waals surface area contributed by atoms with Gasteiger partial charge in [-0.15, -0.1) is 0 Å². The summed E-state index contributed by atoms with van der Waals surface area (Å²) in [5.74, 6) is -0.278. The maximum atomic E-state index is 13.8. The van der Waals surface area contributed by atoms with Crippen LogP contribution in [0.3, 0.4) is 0 Å². The molecule has 0 aliphatic rings. The molecule has 2 aromatic carbocycles. The van der Waals surface area contributed by atoms with Gasteiger partial charge in [0.15, 0.2) is 0 Å². The first-order valence-electron chi connectivity index (χ1n) is 7.83. The van der Waals surface area contributed by atoms with Gasteiger partial charge in [0.25, 0.3) is 5.91 Å². The Bertz CT molecular complexity index is 723. The number of halogens is 1. The average molecular weight is 326 g/mol. The van der Waals surface area contributed by atoms with Crippen molar-refractivity contribution in [3.8, 4) is 11.8 Å². The zero-order valence-electron chi connectivity index (χ0n) is 13.5. The van der Waals surface area contributed by atoms with Crippen LogP contribution < -0.4 is 10.1 Å². The number of hydrogen-bond donors (Lipinski definition) is 1. The first-order chi connectivity index (χ1) is 11.7. The van der Waals surface area contributed by atoms with Gasteiger partial charge in [-0.3, -0.25) is 4.79 Å². The molecule has 0 saturated heterocycles. The highest BCUT2D eigenvalue weighted by atomic mass is 19.1. The number of ether oxygens (including phenoxy) is 1. The van der Waals surface area contributed by atoms with Gasteiger partial charge in [-0.1, -0.05) is 31.5 Å². The molecule has 0 radical (unpaired) electrons. The Balaban J connectivity index is 2.03. The number of hydrogen-bond acceptors (Lipinski definition) is 3. The van der Waals surface area contributed by atoms with E-state index in [0.29, 0.717) is 17.9 Å². The second-order valence-corrected chi connectivity index (χ2v) is 5.28. The molecule has 2 rings (SSSR count). The van der Waals surface area contributed by atoms with Crippen LogP contribution in [0.5, 0.6) is 5.75 Å². The maximum Gasteiger partial charge on any atom is 0.252 e. The summed E-state index contributed by atoms with van der Waals surface area (Å²) in [6.45, 7) is 2.71. The predicted octanol–water partition coefficient (Wildman–Crippen LogP) is 4.00. The second kappa shape index (κ2) is 8.68. The molecule has 1 N–H and O–H groups in total. The minimum atomic E-state index is -1.04. The van der Waals surface area contributed by atoms with Gasteiger partial charge in [-0.2, -0.15) is 5.26 Å². The molecule has 0 aliphatic carbocycles. The standard InChI is InChI=1S/C19H19FN2O2/c1-2-3-12-24-15-10-8-14(9-11-15)19(23)22-18(13-21)16-6-4-5-7-17(16)20/h4-11,18H,2-3,12H2,1H3,(H,22,23). The van der Waals surface area contributed by atoms with Crippen LogP contribution in [0.25, 0.3) is 0 Å². The van der Waals surface area contributed by atoms with E-state index >= 15 is 0 Å². The van der Waals surface area contributed by atoms with Gasteiger partial charge >= 0.3 is 0 Å². The van der Waals surface area contributed by atoms with E-state index in [9.17, 15) is 14.4 Å². The lowest BCUT2D eigenvalue weighted by atomic mass is 10.1. The fraction of sp³-hybridized carbons (Fsp3) is 0.263. The molecule has 1 amide bonds. The molecular formula is C19H19FN2O2. The zero-order chi connectivity index (χ0) is 17.4. The van der Waals surface area contributed by atoms with Crippen molar-refractivity contribution in [2.75, 3.05) is 6.61 Å². The van der Waals surface area contributed by atoms with Crippen molar-refractivity contribution >= 4 is 5.91 Å². The van der Waals surface area contributed by atoms with Crippen LogP contribution in [0.15, 0.2) is 48.5 Å². The van der Waals surface area contributed by atoms with Crippen molar-refractivity contribution in [3.63, 3.8) is 0 Å². The molecule has 0 spiro atoms. The number of nitriles is 1. The molecule has 5 heteroatoms. The molecule has 1 atom stereocenters. The Morgan fingerprint density at radius 2 is 1.96 bits per heavy atom. The summed E-state index contributed by atoms with van der Waals surface area (Å²) in [5.41, 5.74) is 0.530. The molecule has 2 aromatic rings. The highest BCUT2D eigenvalue weighted by molar-refractivity contribution is 5.94. The number of carbonyl (C=O) groups is 1. The van der Waals surface area contributed by atoms with Crippen LogP contribution in [-0.2, 0) is 0 Å². The van der Waals surface area contributed by atoms with E-state index in [4.69, 9.17) is 4.74 Å². The van der Waals surface area contributed by atoms with E-state index in [-0.39, 0.29) is 5.56 Å². The molecule has 0 saturated carbocycles. The van der Waals surface area contributed by atoms with Gasteiger partial charge in [0.05, 0.1) is 12.7 Å². The molecule has 0 bridgehead atoms. The van der Waals surface area contributed by atoms with E-state index in [1.165, 1.54) is 18.2 Å². The van der Waals surface area contributed by atoms with Crippen molar-refractivity contribution in [2.45, 2.75) is 25.8 Å². The summed E-state index contributed by atoms with van der Waals surface area (Å²) in [5, 5.41) is 11.7. The normalized spacial score (nSPS) is 11.4. The van der Waals surface area contributed by atoms with Gasteiger partial charge in [0, 0.05) is 11.1 Å². The van der Waals surface area contributed by atoms with Crippen molar-refractivity contribution in [1.29, 1.82) is 5.26 Å². The largest absolute Gasteiger partial charge is 0.494 e. The minimum Gasteiger partial charge on any atom is -0.494 e. The molecule has 4 nitrogen and oxygen atoms in total. The number of carbonyl (C=O) groups excluding carboxylic acids is 1. The zero-order valence-corrected chi connectivity index (χ0v) is 13.5. The fourth-order valence-electron chi connectivity index (χ4n) is 2.14. The summed E-state index contributed by atoms with van der Waals surface area (Å²) in [6.07, 6.45) is 2.01. The SMILES string of the molecule is CCCCOc1ccc(C(=O)NC(C#N)c2ccccc2F)cc1. The molecule has 0 aliphatic heterocycles. The Hall–Kier alpha value is -2.87. The first kappa shape index (κ1) is 17.5. The first-order valence-corrected chi connectivity index (χ1v) is 7.83. The average Bonchev–Trinajstić information content (AvgIpc) is 2.61. The third-order valence-electron chi connectivity index (χ3n) is 3.50. The van der Waals surface area contributed by atoms with E-state index in [2.05, 4.69) is 12.2 Å². The highest BCUT2D eigenvalue weighted by Crippen LogP contribution is 2.18. The smallest absolute Gasteiger partial charge is 0.252 e. The Labute approximate surface area is 140 Å². The predicted molar refractivity (Wildman–Crippen MR) is 89.1 cm³/mol. The van der Waals surface area contributed by atoms with Crippen LogP contribution in [0, 0.1) is 17.1 Å². The number of amides is 1. The van der Waals surface area contributed by atoms with E-state index in [1.807, 2.05) is 6.07 Å². The summed E-state index contributed by atoms with van der Waals surface area (Å²) in [4.78, 5) is 12.2. The lowest BCUT2D eigenvalue weighted by molar-refractivity contribution is 0.0944. The monoisotopic (exact) mass is 326 g/mol. The summed E-state index contributed by atoms with van der Waals surface area (Å²) < 4.78 is 19.3. The molecule has 24 heavy (non-hydrogen) atoms. The quantitative estimate of drug-likeness (QED) is 0.782. The van der Waals surface area contributed by atoms with Crippen LogP contribution in [-0.4, -0.2) is 12.5 Å². The molecule has 0 fully saturated rings. The number of nitrogens with one attached hydrogen (secondary N) is 1. The van der Waals surface area contributed by atoms with E-state index in [1.54, 1.807) is 30.3 Å². The van der Waals surface area contributed by atoms with Crippen molar-refractivity contribution in [3.05, 3.63) is 65.5 Å². The van der Waals surface area contributed by atoms with Crippen LogP contribution in [0.1, 0.15) is 41.7 Å². The lowest BCUT2D eigenvalue weighted by Gasteiger charge is -2.13. The van der Waals surface area contributed by atoms with Crippen LogP contribution in [0.4, 0.5) is 4.39 Å². The molecule has 1 unspecified atom stereocenters. The highest BCUT2D eigenvalue weighted by Gasteiger charge is 2.18. The Morgan fingerprint density at radius 3 is 2.58 bits per heavy atom. The van der Waals surface area contributed by atoms with Crippen molar-refractivity contribution in [2.24, 2.45) is 0 Å². The topological polar surface area (TPSA) is 62.1 Å². The number of benzene rings is 2. The molecule has 0 heterocycles.